The molecule has 0 aromatic heterocycles. The maximum atomic E-state index is 12.8. The maximum Gasteiger partial charge on any atom is 0.231 e. The molecule has 0 bridgehead atoms. The zero-order chi connectivity index (χ0) is 17.1. The van der Waals surface area contributed by atoms with Gasteiger partial charge in [-0.15, -0.1) is 0 Å². The molecule has 0 unspecified atom stereocenters. The molecule has 1 fully saturated rings. The summed E-state index contributed by atoms with van der Waals surface area (Å²) in [6.45, 7) is 2.56. The fourth-order valence-corrected chi connectivity index (χ4v) is 3.72. The molecule has 130 valence electrons. The average Bonchev–Trinajstić information content (AvgIpc) is 2.68. The molecule has 2 heterocycles. The maximum absolute atomic E-state index is 12.8. The Morgan fingerprint density at radius 3 is 2.64 bits per heavy atom. The highest BCUT2D eigenvalue weighted by Gasteiger charge is 2.26. The van der Waals surface area contributed by atoms with Crippen molar-refractivity contribution in [3.05, 3.63) is 54.1 Å². The summed E-state index contributed by atoms with van der Waals surface area (Å²) < 4.78 is 5.77. The molecule has 2 aromatic carbocycles. The van der Waals surface area contributed by atoms with Gasteiger partial charge in [-0.2, -0.15) is 0 Å². The number of carbonyl (C=O) groups is 1. The molecule has 1 N–H and O–H groups in total. The lowest BCUT2D eigenvalue weighted by atomic mass is 9.96. The van der Waals surface area contributed by atoms with Crippen LogP contribution in [0.5, 0.6) is 5.75 Å². The number of rotatable bonds is 3. The summed E-state index contributed by atoms with van der Waals surface area (Å²) in [6, 6.07) is 16.1. The Labute approximate surface area is 148 Å². The average molecular weight is 336 g/mol. The van der Waals surface area contributed by atoms with E-state index in [9.17, 15) is 4.79 Å². The van der Waals surface area contributed by atoms with Crippen LogP contribution in [0, 0.1) is 5.92 Å². The number of amides is 1. The lowest BCUT2D eigenvalue weighted by molar-refractivity contribution is -0.121. The summed E-state index contributed by atoms with van der Waals surface area (Å²) >= 11 is 0. The molecular formula is C21H24N2O2. The first-order chi connectivity index (χ1) is 12.3. The van der Waals surface area contributed by atoms with E-state index in [0.29, 0.717) is 6.61 Å². The Morgan fingerprint density at radius 1 is 1.00 bits per heavy atom. The molecule has 25 heavy (non-hydrogen) atoms. The Hall–Kier alpha value is -2.49. The van der Waals surface area contributed by atoms with Crippen molar-refractivity contribution in [3.8, 4) is 5.75 Å². The fraction of sp³-hybridized carbons (Fsp3) is 0.381. The smallest absolute Gasteiger partial charge is 0.231 e. The zero-order valence-electron chi connectivity index (χ0n) is 14.4. The summed E-state index contributed by atoms with van der Waals surface area (Å²) in [6.07, 6.45) is 4.46. The van der Waals surface area contributed by atoms with Crippen LogP contribution in [-0.4, -0.2) is 25.6 Å². The first-order valence-corrected chi connectivity index (χ1v) is 9.17. The number of fused-ring (bicyclic) bond motifs is 1. The number of hydrogen-bond acceptors (Lipinski definition) is 3. The first kappa shape index (κ1) is 16.0. The van der Waals surface area contributed by atoms with E-state index in [1.165, 1.54) is 19.3 Å². The van der Waals surface area contributed by atoms with Gasteiger partial charge in [0.1, 0.15) is 12.4 Å². The monoisotopic (exact) mass is 336 g/mol. The van der Waals surface area contributed by atoms with E-state index >= 15 is 0 Å². The van der Waals surface area contributed by atoms with Crippen LogP contribution in [0.15, 0.2) is 48.5 Å². The van der Waals surface area contributed by atoms with Gasteiger partial charge in [-0.3, -0.25) is 4.79 Å². The van der Waals surface area contributed by atoms with Crippen molar-refractivity contribution >= 4 is 17.3 Å². The van der Waals surface area contributed by atoms with Crippen molar-refractivity contribution in [1.82, 2.24) is 0 Å². The second-order valence-electron chi connectivity index (χ2n) is 6.87. The molecular weight excluding hydrogens is 312 g/mol. The van der Waals surface area contributed by atoms with Crippen molar-refractivity contribution in [1.29, 1.82) is 0 Å². The summed E-state index contributed by atoms with van der Waals surface area (Å²) in [4.78, 5) is 15.2. The van der Waals surface area contributed by atoms with E-state index in [4.69, 9.17) is 4.74 Å². The van der Waals surface area contributed by atoms with Crippen LogP contribution in [0.3, 0.4) is 0 Å². The predicted molar refractivity (Wildman–Crippen MR) is 100 cm³/mol. The van der Waals surface area contributed by atoms with Gasteiger partial charge in [-0.05, 0) is 49.4 Å². The highest BCUT2D eigenvalue weighted by atomic mass is 16.5. The molecule has 4 rings (SSSR count). The predicted octanol–water partition coefficient (Wildman–Crippen LogP) is 3.87. The van der Waals surface area contributed by atoms with Crippen LogP contribution in [0.4, 0.5) is 11.4 Å². The lowest BCUT2D eigenvalue weighted by Gasteiger charge is -2.31. The van der Waals surface area contributed by atoms with Gasteiger partial charge in [0, 0.05) is 13.1 Å². The van der Waals surface area contributed by atoms with E-state index < -0.39 is 0 Å². The molecule has 0 spiro atoms. The number of benzene rings is 2. The molecule has 1 atom stereocenters. The Bertz CT molecular complexity index is 753. The van der Waals surface area contributed by atoms with Gasteiger partial charge in [0.15, 0.2) is 0 Å². The lowest BCUT2D eigenvalue weighted by Crippen LogP contribution is -2.34. The highest BCUT2D eigenvalue weighted by molar-refractivity contribution is 5.96. The molecule has 2 aliphatic rings. The highest BCUT2D eigenvalue weighted by Crippen LogP contribution is 2.31. The van der Waals surface area contributed by atoms with Gasteiger partial charge < -0.3 is 15.0 Å². The number of hydrogen-bond donors (Lipinski definition) is 1. The van der Waals surface area contributed by atoms with E-state index in [1.807, 2.05) is 42.5 Å². The normalized spacial score (nSPS) is 19.7. The fourth-order valence-electron chi connectivity index (χ4n) is 3.72. The molecule has 0 radical (unpaired) electrons. The molecule has 1 saturated heterocycles. The molecule has 0 saturated carbocycles. The molecule has 1 amide bonds. The van der Waals surface area contributed by atoms with Crippen LogP contribution >= 0.6 is 0 Å². The third-order valence-electron chi connectivity index (χ3n) is 5.11. The number of ether oxygens (including phenoxy) is 1. The van der Waals surface area contributed by atoms with Crippen molar-refractivity contribution in [2.75, 3.05) is 29.9 Å². The largest absolute Gasteiger partial charge is 0.492 e. The third kappa shape index (κ3) is 3.48. The minimum atomic E-state index is -0.149. The summed E-state index contributed by atoms with van der Waals surface area (Å²) in [7, 11) is 0. The SMILES string of the molecule is O=C(Nc1ccccc1N1CCCCC1)[C@H]1COc2ccccc2C1. The second kappa shape index (κ2) is 7.18. The minimum Gasteiger partial charge on any atom is -0.492 e. The topological polar surface area (TPSA) is 41.6 Å². The molecule has 4 heteroatoms. The number of piperidine rings is 1. The van der Waals surface area contributed by atoms with Crippen LogP contribution in [0.1, 0.15) is 24.8 Å². The van der Waals surface area contributed by atoms with Crippen LogP contribution in [-0.2, 0) is 11.2 Å². The number of para-hydroxylation sites is 3. The van der Waals surface area contributed by atoms with Gasteiger partial charge >= 0.3 is 0 Å². The minimum absolute atomic E-state index is 0.0407. The third-order valence-corrected chi connectivity index (χ3v) is 5.11. The van der Waals surface area contributed by atoms with E-state index in [0.717, 1.165) is 42.2 Å². The van der Waals surface area contributed by atoms with E-state index in [1.54, 1.807) is 0 Å². The molecule has 4 nitrogen and oxygen atoms in total. The summed E-state index contributed by atoms with van der Waals surface area (Å²) in [5, 5.41) is 3.15. The zero-order valence-corrected chi connectivity index (χ0v) is 14.4. The quantitative estimate of drug-likeness (QED) is 0.925. The van der Waals surface area contributed by atoms with Gasteiger partial charge in [-0.25, -0.2) is 0 Å². The van der Waals surface area contributed by atoms with Crippen molar-refractivity contribution in [3.63, 3.8) is 0 Å². The van der Waals surface area contributed by atoms with E-state index in [-0.39, 0.29) is 11.8 Å². The van der Waals surface area contributed by atoms with Gasteiger partial charge in [0.25, 0.3) is 0 Å². The summed E-state index contributed by atoms with van der Waals surface area (Å²) in [5.74, 6) is 0.795. The number of nitrogens with one attached hydrogen (secondary N) is 1. The van der Waals surface area contributed by atoms with Crippen LogP contribution in [0.2, 0.25) is 0 Å². The van der Waals surface area contributed by atoms with E-state index in [2.05, 4.69) is 16.3 Å². The van der Waals surface area contributed by atoms with Gasteiger partial charge in [-0.1, -0.05) is 30.3 Å². The standard InChI is InChI=1S/C21H24N2O2/c24-21(17-14-16-8-2-5-11-20(16)25-15-17)22-18-9-3-4-10-19(18)23-12-6-1-7-13-23/h2-5,8-11,17H,1,6-7,12-15H2,(H,22,24)/t17-/m1/s1. The molecule has 2 aromatic rings. The Morgan fingerprint density at radius 2 is 1.76 bits per heavy atom. The molecule has 2 aliphatic heterocycles. The number of nitrogens with zero attached hydrogens (tertiary/aromatic N) is 1. The van der Waals surface area contributed by atoms with Crippen LogP contribution < -0.4 is 15.0 Å². The van der Waals surface area contributed by atoms with Crippen molar-refractivity contribution < 1.29 is 9.53 Å². The summed E-state index contributed by atoms with van der Waals surface area (Å²) in [5.41, 5.74) is 3.15. The number of anilines is 2. The molecule has 0 aliphatic carbocycles. The van der Waals surface area contributed by atoms with Gasteiger partial charge in [0.05, 0.1) is 17.3 Å². The number of carbonyl (C=O) groups excluding carboxylic acids is 1. The Balaban J connectivity index is 1.48. The van der Waals surface area contributed by atoms with Crippen molar-refractivity contribution in [2.45, 2.75) is 25.7 Å². The van der Waals surface area contributed by atoms with Crippen LogP contribution in [0.25, 0.3) is 0 Å². The first-order valence-electron chi connectivity index (χ1n) is 9.17. The second-order valence-corrected chi connectivity index (χ2v) is 6.87. The van der Waals surface area contributed by atoms with Gasteiger partial charge in [0.2, 0.25) is 5.91 Å². The Kier molecular flexibility index (Phi) is 4.59. The van der Waals surface area contributed by atoms with Crippen molar-refractivity contribution in [2.24, 2.45) is 5.92 Å².